The van der Waals surface area contributed by atoms with Crippen LogP contribution in [0.1, 0.15) is 22.3 Å². The maximum atomic E-state index is 10.8. The molecule has 21 heavy (non-hydrogen) atoms. The average molecular weight is 286 g/mol. The van der Waals surface area contributed by atoms with Crippen molar-refractivity contribution < 1.29 is 9.85 Å². The number of nitrogens with zero attached hydrogens (tertiary/aromatic N) is 2. The van der Waals surface area contributed by atoms with Crippen LogP contribution in [0.15, 0.2) is 36.4 Å². The van der Waals surface area contributed by atoms with Crippen LogP contribution >= 0.6 is 0 Å². The van der Waals surface area contributed by atoms with Crippen molar-refractivity contribution in [2.24, 2.45) is 0 Å². The normalized spacial score (nSPS) is 10.4. The van der Waals surface area contributed by atoms with Crippen molar-refractivity contribution in [1.29, 1.82) is 0 Å². The third kappa shape index (κ3) is 3.22. The van der Waals surface area contributed by atoms with Crippen LogP contribution in [0.4, 0.5) is 11.4 Å². The SMILES string of the molecule is Cc1ccc([N+](=O)[O-])cc1Cc1cc([N+](=O)[O-])ccc1C. The zero-order valence-electron chi connectivity index (χ0n) is 11.7. The second-order valence-electron chi connectivity index (χ2n) is 4.91. The lowest BCUT2D eigenvalue weighted by atomic mass is 9.96. The summed E-state index contributed by atoms with van der Waals surface area (Å²) < 4.78 is 0. The maximum Gasteiger partial charge on any atom is 0.269 e. The van der Waals surface area contributed by atoms with Crippen LogP contribution in [0.2, 0.25) is 0 Å². The molecule has 0 aliphatic heterocycles. The van der Waals surface area contributed by atoms with Crippen molar-refractivity contribution in [1.82, 2.24) is 0 Å². The summed E-state index contributed by atoms with van der Waals surface area (Å²) in [6.45, 7) is 3.73. The molecule has 0 amide bonds. The predicted molar refractivity (Wildman–Crippen MR) is 78.5 cm³/mol. The maximum absolute atomic E-state index is 10.8. The van der Waals surface area contributed by atoms with Gasteiger partial charge >= 0.3 is 0 Å². The van der Waals surface area contributed by atoms with Crippen LogP contribution in [-0.4, -0.2) is 9.85 Å². The molecule has 0 bridgehead atoms. The molecule has 2 aromatic rings. The van der Waals surface area contributed by atoms with E-state index in [1.807, 2.05) is 13.8 Å². The molecular weight excluding hydrogens is 272 g/mol. The zero-order valence-corrected chi connectivity index (χ0v) is 11.7. The van der Waals surface area contributed by atoms with Gasteiger partial charge in [0.25, 0.3) is 11.4 Å². The molecule has 6 nitrogen and oxygen atoms in total. The van der Waals surface area contributed by atoms with Crippen LogP contribution in [0, 0.1) is 34.1 Å². The van der Waals surface area contributed by atoms with Gasteiger partial charge in [-0.3, -0.25) is 20.2 Å². The topological polar surface area (TPSA) is 86.3 Å². The summed E-state index contributed by atoms with van der Waals surface area (Å²) in [4.78, 5) is 20.8. The fraction of sp³-hybridized carbons (Fsp3) is 0.200. The summed E-state index contributed by atoms with van der Waals surface area (Å²) in [7, 11) is 0. The number of nitro groups is 2. The summed E-state index contributed by atoms with van der Waals surface area (Å²) in [5.41, 5.74) is 3.50. The van der Waals surface area contributed by atoms with Gasteiger partial charge in [0.15, 0.2) is 0 Å². The van der Waals surface area contributed by atoms with E-state index in [1.165, 1.54) is 24.3 Å². The molecule has 0 aromatic heterocycles. The summed E-state index contributed by atoms with van der Waals surface area (Å²) >= 11 is 0. The number of rotatable bonds is 4. The first kappa shape index (κ1) is 14.6. The van der Waals surface area contributed by atoms with Gasteiger partial charge < -0.3 is 0 Å². The lowest BCUT2D eigenvalue weighted by molar-refractivity contribution is -0.385. The van der Waals surface area contributed by atoms with Gasteiger partial charge in [0.2, 0.25) is 0 Å². The molecule has 0 aliphatic carbocycles. The minimum absolute atomic E-state index is 0.0266. The third-order valence-corrected chi connectivity index (χ3v) is 3.47. The highest BCUT2D eigenvalue weighted by Crippen LogP contribution is 2.24. The fourth-order valence-electron chi connectivity index (χ4n) is 2.13. The minimum Gasteiger partial charge on any atom is -0.258 e. The monoisotopic (exact) mass is 286 g/mol. The molecule has 2 aromatic carbocycles. The Morgan fingerprint density at radius 3 is 1.52 bits per heavy atom. The van der Waals surface area contributed by atoms with E-state index >= 15 is 0 Å². The predicted octanol–water partition coefficient (Wildman–Crippen LogP) is 3.71. The highest BCUT2D eigenvalue weighted by Gasteiger charge is 2.13. The van der Waals surface area contributed by atoms with Crippen LogP contribution in [0.5, 0.6) is 0 Å². The lowest BCUT2D eigenvalue weighted by Gasteiger charge is -2.08. The van der Waals surface area contributed by atoms with E-state index in [1.54, 1.807) is 12.1 Å². The number of benzene rings is 2. The van der Waals surface area contributed by atoms with Gasteiger partial charge in [0, 0.05) is 24.3 Å². The van der Waals surface area contributed by atoms with E-state index in [4.69, 9.17) is 0 Å². The van der Waals surface area contributed by atoms with Gasteiger partial charge in [-0.25, -0.2) is 0 Å². The van der Waals surface area contributed by atoms with Crippen molar-refractivity contribution in [3.8, 4) is 0 Å². The Balaban J connectivity index is 2.42. The van der Waals surface area contributed by atoms with E-state index in [2.05, 4.69) is 0 Å². The van der Waals surface area contributed by atoms with Gasteiger partial charge in [-0.05, 0) is 42.5 Å². The second kappa shape index (κ2) is 5.70. The first-order valence-electron chi connectivity index (χ1n) is 6.36. The number of hydrogen-bond acceptors (Lipinski definition) is 4. The van der Waals surface area contributed by atoms with Crippen molar-refractivity contribution in [2.45, 2.75) is 20.3 Å². The zero-order chi connectivity index (χ0) is 15.6. The van der Waals surface area contributed by atoms with Gasteiger partial charge in [0.1, 0.15) is 0 Å². The van der Waals surface area contributed by atoms with E-state index in [9.17, 15) is 20.2 Å². The lowest BCUT2D eigenvalue weighted by Crippen LogP contribution is -1.98. The van der Waals surface area contributed by atoms with E-state index in [0.29, 0.717) is 6.42 Å². The Labute approximate surface area is 121 Å². The molecule has 0 unspecified atom stereocenters. The van der Waals surface area contributed by atoms with Crippen molar-refractivity contribution >= 4 is 11.4 Å². The first-order chi connectivity index (χ1) is 9.88. The van der Waals surface area contributed by atoms with Gasteiger partial charge in [-0.2, -0.15) is 0 Å². The Hall–Kier alpha value is -2.76. The molecule has 6 heteroatoms. The summed E-state index contributed by atoms with van der Waals surface area (Å²) in [6, 6.07) is 9.35. The largest absolute Gasteiger partial charge is 0.269 e. The molecule has 0 saturated heterocycles. The second-order valence-corrected chi connectivity index (χ2v) is 4.91. The molecule has 2 rings (SSSR count). The molecule has 0 fully saturated rings. The molecule has 0 radical (unpaired) electrons. The summed E-state index contributed by atoms with van der Waals surface area (Å²) in [5, 5.41) is 21.7. The highest BCUT2D eigenvalue weighted by atomic mass is 16.6. The third-order valence-electron chi connectivity index (χ3n) is 3.47. The Morgan fingerprint density at radius 2 is 1.19 bits per heavy atom. The quantitative estimate of drug-likeness (QED) is 0.633. The highest BCUT2D eigenvalue weighted by molar-refractivity contribution is 5.46. The number of hydrogen-bond donors (Lipinski definition) is 0. The standard InChI is InChI=1S/C15H14N2O4/c1-10-3-5-14(16(18)19)8-12(10)7-13-9-15(17(20)21)6-4-11(13)2/h3-6,8-9H,7H2,1-2H3. The van der Waals surface area contributed by atoms with Crippen molar-refractivity contribution in [2.75, 3.05) is 0 Å². The molecule has 108 valence electrons. The summed E-state index contributed by atoms with van der Waals surface area (Å²) in [6.07, 6.45) is 0.432. The minimum atomic E-state index is -0.441. The van der Waals surface area contributed by atoms with E-state index in [0.717, 1.165) is 22.3 Å². The van der Waals surface area contributed by atoms with Gasteiger partial charge in [0.05, 0.1) is 9.85 Å². The van der Waals surface area contributed by atoms with Crippen molar-refractivity contribution in [3.63, 3.8) is 0 Å². The molecule has 0 N–H and O–H groups in total. The summed E-state index contributed by atoms with van der Waals surface area (Å²) in [5.74, 6) is 0. The van der Waals surface area contributed by atoms with Crippen LogP contribution in [0.3, 0.4) is 0 Å². The van der Waals surface area contributed by atoms with Crippen LogP contribution in [-0.2, 0) is 6.42 Å². The molecular formula is C15H14N2O4. The Kier molecular flexibility index (Phi) is 3.98. The molecule has 0 atom stereocenters. The molecule has 0 aliphatic rings. The molecule has 0 spiro atoms. The van der Waals surface area contributed by atoms with Crippen LogP contribution < -0.4 is 0 Å². The van der Waals surface area contributed by atoms with Gasteiger partial charge in [-0.1, -0.05) is 12.1 Å². The molecule has 0 saturated carbocycles. The molecule has 0 heterocycles. The smallest absolute Gasteiger partial charge is 0.258 e. The average Bonchev–Trinajstić information content (AvgIpc) is 2.43. The first-order valence-corrected chi connectivity index (χ1v) is 6.36. The number of non-ortho nitro benzene ring substituents is 2. The van der Waals surface area contributed by atoms with Crippen LogP contribution in [0.25, 0.3) is 0 Å². The fourth-order valence-corrected chi connectivity index (χ4v) is 2.13. The van der Waals surface area contributed by atoms with E-state index in [-0.39, 0.29) is 11.4 Å². The number of nitro benzene ring substituents is 2. The Bertz CT molecular complexity index is 664. The van der Waals surface area contributed by atoms with E-state index < -0.39 is 9.85 Å². The van der Waals surface area contributed by atoms with Gasteiger partial charge in [-0.15, -0.1) is 0 Å². The number of aryl methyl sites for hydroxylation is 2. The van der Waals surface area contributed by atoms with Crippen molar-refractivity contribution in [3.05, 3.63) is 78.9 Å². The Morgan fingerprint density at radius 1 is 0.810 bits per heavy atom.